The van der Waals surface area contributed by atoms with E-state index in [1.165, 1.54) is 25.4 Å². The molecule has 0 aromatic heterocycles. The zero-order valence-corrected chi connectivity index (χ0v) is 12.3. The Balaban J connectivity index is 1.78. The van der Waals surface area contributed by atoms with E-state index < -0.39 is 0 Å². The first-order valence-electron chi connectivity index (χ1n) is 6.90. The summed E-state index contributed by atoms with van der Waals surface area (Å²) < 4.78 is 17.4. The van der Waals surface area contributed by atoms with Crippen molar-refractivity contribution in [3.05, 3.63) is 41.8 Å². The number of methoxy groups -OCH3 is 1. The molecule has 0 unspecified atom stereocenters. The molecule has 7 heteroatoms. The van der Waals surface area contributed by atoms with Gasteiger partial charge in [-0.3, -0.25) is 0 Å². The number of carbonyl (C=O) groups is 2. The molecular weight excluding hydrogens is 289 g/mol. The Morgan fingerprint density at radius 2 is 1.73 bits per heavy atom. The van der Waals surface area contributed by atoms with Crippen molar-refractivity contribution in [3.63, 3.8) is 0 Å². The fraction of sp³-hybridized carbons (Fsp3) is 0.333. The first-order chi connectivity index (χ1) is 10.6. The third-order valence-corrected chi connectivity index (χ3v) is 3.35. The minimum Gasteiger partial charge on any atom is -0.453 e. The maximum absolute atomic E-state index is 12.8. The molecule has 1 aromatic carbocycles. The fourth-order valence-corrected chi connectivity index (χ4v) is 2.10. The van der Waals surface area contributed by atoms with E-state index in [1.54, 1.807) is 28.0 Å². The number of halogens is 1. The summed E-state index contributed by atoms with van der Waals surface area (Å²) in [5.41, 5.74) is 0.789. The normalized spacial score (nSPS) is 15.0. The molecular formula is C15H18FN3O3. The average Bonchev–Trinajstić information content (AvgIpc) is 2.56. The van der Waals surface area contributed by atoms with Crippen LogP contribution in [0, 0.1) is 5.82 Å². The Hall–Kier alpha value is -2.57. The van der Waals surface area contributed by atoms with Crippen molar-refractivity contribution in [3.8, 4) is 0 Å². The minimum atomic E-state index is -0.378. The van der Waals surface area contributed by atoms with Crippen molar-refractivity contribution >= 4 is 18.2 Å². The van der Waals surface area contributed by atoms with Crippen molar-refractivity contribution in [2.75, 3.05) is 33.3 Å². The fourth-order valence-electron chi connectivity index (χ4n) is 2.10. The van der Waals surface area contributed by atoms with Crippen LogP contribution in [0.25, 0.3) is 6.08 Å². The van der Waals surface area contributed by atoms with E-state index in [2.05, 4.69) is 10.1 Å². The summed E-state index contributed by atoms with van der Waals surface area (Å²) in [5.74, 6) is -0.301. The third-order valence-electron chi connectivity index (χ3n) is 3.35. The molecule has 1 fully saturated rings. The van der Waals surface area contributed by atoms with Crippen LogP contribution in [-0.4, -0.2) is 55.2 Å². The molecule has 1 heterocycles. The summed E-state index contributed by atoms with van der Waals surface area (Å²) in [7, 11) is 1.33. The zero-order valence-electron chi connectivity index (χ0n) is 12.3. The molecule has 2 rings (SSSR count). The SMILES string of the molecule is COC(=O)N1CCN(C(=O)N/C=C/c2ccc(F)cc2)CC1. The Bertz CT molecular complexity index is 552. The van der Waals surface area contributed by atoms with Gasteiger partial charge in [-0.15, -0.1) is 0 Å². The molecule has 1 aliphatic rings. The number of amides is 3. The van der Waals surface area contributed by atoms with Crippen LogP contribution in [0.3, 0.4) is 0 Å². The molecule has 1 aliphatic heterocycles. The lowest BCUT2D eigenvalue weighted by Gasteiger charge is -2.33. The monoisotopic (exact) mass is 307 g/mol. The highest BCUT2D eigenvalue weighted by atomic mass is 19.1. The molecule has 1 saturated heterocycles. The summed E-state index contributed by atoms with van der Waals surface area (Å²) >= 11 is 0. The van der Waals surface area contributed by atoms with Crippen molar-refractivity contribution in [2.24, 2.45) is 0 Å². The minimum absolute atomic E-state index is 0.233. The molecule has 0 saturated carbocycles. The van der Waals surface area contributed by atoms with E-state index in [1.807, 2.05) is 0 Å². The highest BCUT2D eigenvalue weighted by Gasteiger charge is 2.23. The van der Waals surface area contributed by atoms with Gasteiger partial charge in [-0.05, 0) is 23.8 Å². The van der Waals surface area contributed by atoms with Gasteiger partial charge in [-0.1, -0.05) is 12.1 Å². The number of hydrogen-bond donors (Lipinski definition) is 1. The van der Waals surface area contributed by atoms with Crippen LogP contribution in [0.5, 0.6) is 0 Å². The average molecular weight is 307 g/mol. The molecule has 3 amide bonds. The highest BCUT2D eigenvalue weighted by Crippen LogP contribution is 2.05. The number of piperazine rings is 1. The Labute approximate surface area is 128 Å². The van der Waals surface area contributed by atoms with Crippen LogP contribution in [0.2, 0.25) is 0 Å². The van der Waals surface area contributed by atoms with Crippen molar-refractivity contribution < 1.29 is 18.7 Å². The second kappa shape index (κ2) is 7.44. The number of nitrogens with zero attached hydrogens (tertiary/aromatic N) is 2. The van der Waals surface area contributed by atoms with Crippen LogP contribution in [0.1, 0.15) is 5.56 Å². The van der Waals surface area contributed by atoms with E-state index in [4.69, 9.17) is 0 Å². The number of urea groups is 1. The first kappa shape index (κ1) is 15.8. The molecule has 6 nitrogen and oxygen atoms in total. The summed E-state index contributed by atoms with van der Waals surface area (Å²) in [5, 5.41) is 2.65. The predicted octanol–water partition coefficient (Wildman–Crippen LogP) is 1.89. The lowest BCUT2D eigenvalue weighted by atomic mass is 10.2. The molecule has 1 N–H and O–H groups in total. The highest BCUT2D eigenvalue weighted by molar-refractivity contribution is 5.76. The van der Waals surface area contributed by atoms with Crippen LogP contribution in [0.15, 0.2) is 30.5 Å². The van der Waals surface area contributed by atoms with Crippen LogP contribution in [0.4, 0.5) is 14.0 Å². The Morgan fingerprint density at radius 1 is 1.14 bits per heavy atom. The van der Waals surface area contributed by atoms with Gasteiger partial charge in [0.2, 0.25) is 0 Å². The maximum Gasteiger partial charge on any atom is 0.409 e. The van der Waals surface area contributed by atoms with Crippen LogP contribution in [-0.2, 0) is 4.74 Å². The number of hydrogen-bond acceptors (Lipinski definition) is 3. The van der Waals surface area contributed by atoms with E-state index >= 15 is 0 Å². The van der Waals surface area contributed by atoms with Gasteiger partial charge in [-0.25, -0.2) is 14.0 Å². The number of benzene rings is 1. The van der Waals surface area contributed by atoms with Crippen molar-refractivity contribution in [1.82, 2.24) is 15.1 Å². The lowest BCUT2D eigenvalue weighted by molar-refractivity contribution is 0.0977. The molecule has 1 aromatic rings. The van der Waals surface area contributed by atoms with Gasteiger partial charge < -0.3 is 19.9 Å². The molecule has 0 aliphatic carbocycles. The number of nitrogens with one attached hydrogen (secondary N) is 1. The molecule has 118 valence electrons. The summed E-state index contributed by atoms with van der Waals surface area (Å²) in [6.07, 6.45) is 2.82. The Morgan fingerprint density at radius 3 is 2.32 bits per heavy atom. The van der Waals surface area contributed by atoms with Crippen molar-refractivity contribution in [2.45, 2.75) is 0 Å². The second-order valence-corrected chi connectivity index (χ2v) is 4.78. The largest absolute Gasteiger partial charge is 0.453 e. The summed E-state index contributed by atoms with van der Waals surface area (Å²) in [4.78, 5) is 26.5. The zero-order chi connectivity index (χ0) is 15.9. The van der Waals surface area contributed by atoms with Crippen LogP contribution >= 0.6 is 0 Å². The van der Waals surface area contributed by atoms with Gasteiger partial charge in [0.1, 0.15) is 5.82 Å². The smallest absolute Gasteiger partial charge is 0.409 e. The number of carbonyl (C=O) groups excluding carboxylic acids is 2. The molecule has 0 atom stereocenters. The molecule has 0 spiro atoms. The van der Waals surface area contributed by atoms with Gasteiger partial charge in [0.15, 0.2) is 0 Å². The van der Waals surface area contributed by atoms with Crippen molar-refractivity contribution in [1.29, 1.82) is 0 Å². The van der Waals surface area contributed by atoms with E-state index in [0.29, 0.717) is 26.2 Å². The van der Waals surface area contributed by atoms with Crippen LogP contribution < -0.4 is 5.32 Å². The van der Waals surface area contributed by atoms with Gasteiger partial charge in [0, 0.05) is 32.4 Å². The molecule has 0 radical (unpaired) electrons. The third kappa shape index (κ3) is 4.21. The first-order valence-corrected chi connectivity index (χ1v) is 6.90. The van der Waals surface area contributed by atoms with Gasteiger partial charge in [0.25, 0.3) is 0 Å². The number of ether oxygens (including phenoxy) is 1. The topological polar surface area (TPSA) is 61.9 Å². The van der Waals surface area contributed by atoms with E-state index in [-0.39, 0.29) is 17.9 Å². The van der Waals surface area contributed by atoms with Gasteiger partial charge in [-0.2, -0.15) is 0 Å². The van der Waals surface area contributed by atoms with E-state index in [9.17, 15) is 14.0 Å². The van der Waals surface area contributed by atoms with E-state index in [0.717, 1.165) is 5.56 Å². The lowest BCUT2D eigenvalue weighted by Crippen LogP contribution is -2.52. The standard InChI is InChI=1S/C15H18FN3O3/c1-22-15(21)19-10-8-18(9-11-19)14(20)17-7-6-12-2-4-13(16)5-3-12/h2-7H,8-11H2,1H3,(H,17,20)/b7-6+. The molecule has 22 heavy (non-hydrogen) atoms. The number of rotatable bonds is 2. The Kier molecular flexibility index (Phi) is 5.35. The predicted molar refractivity (Wildman–Crippen MR) is 79.5 cm³/mol. The second-order valence-electron chi connectivity index (χ2n) is 4.78. The van der Waals surface area contributed by atoms with Gasteiger partial charge >= 0.3 is 12.1 Å². The molecule has 0 bridgehead atoms. The maximum atomic E-state index is 12.8. The summed E-state index contributed by atoms with van der Waals surface area (Å²) in [6, 6.07) is 5.71. The quantitative estimate of drug-likeness (QED) is 0.907. The summed E-state index contributed by atoms with van der Waals surface area (Å²) in [6.45, 7) is 1.79. The van der Waals surface area contributed by atoms with Gasteiger partial charge in [0.05, 0.1) is 7.11 Å².